The fraction of sp³-hybridized carbons (Fsp3) is 0.538. The van der Waals surface area contributed by atoms with Crippen LogP contribution in [0, 0.1) is 21.4 Å². The van der Waals surface area contributed by atoms with Crippen LogP contribution in [-0.4, -0.2) is 27.0 Å². The molecule has 106 valence electrons. The van der Waals surface area contributed by atoms with Crippen molar-refractivity contribution in [1.82, 2.24) is 4.98 Å². The number of hydrogen-bond donors (Lipinski definition) is 1. The number of nitrogens with zero attached hydrogens (tertiary/aromatic N) is 3. The van der Waals surface area contributed by atoms with Crippen LogP contribution in [0.1, 0.15) is 31.9 Å². The summed E-state index contributed by atoms with van der Waals surface area (Å²) in [4.78, 5) is 14.2. The second-order valence-corrected chi connectivity index (χ2v) is 6.12. The lowest BCUT2D eigenvalue weighted by atomic mass is 10.2. The highest BCUT2D eigenvalue weighted by atomic mass is 32.2. The molecule has 2 rings (SSSR count). The molecule has 1 aromatic heterocycles. The van der Waals surface area contributed by atoms with Gasteiger partial charge in [0.25, 0.3) is 0 Å². The van der Waals surface area contributed by atoms with E-state index in [9.17, 15) is 10.1 Å². The molecule has 20 heavy (non-hydrogen) atoms. The van der Waals surface area contributed by atoms with E-state index in [2.05, 4.69) is 17.2 Å². The summed E-state index contributed by atoms with van der Waals surface area (Å²) in [5.41, 5.74) is -0.387. The minimum absolute atomic E-state index is 0.141. The molecule has 0 saturated heterocycles. The molecule has 1 aliphatic rings. The van der Waals surface area contributed by atoms with Crippen molar-refractivity contribution in [2.45, 2.75) is 37.5 Å². The highest BCUT2D eigenvalue weighted by Gasteiger charge is 2.27. The van der Waals surface area contributed by atoms with E-state index in [0.29, 0.717) is 17.1 Å². The first-order chi connectivity index (χ1) is 9.65. The minimum atomic E-state index is -0.583. The highest BCUT2D eigenvalue weighted by Crippen LogP contribution is 2.32. The van der Waals surface area contributed by atoms with Gasteiger partial charge in [-0.1, -0.05) is 13.3 Å². The first kappa shape index (κ1) is 14.6. The molecular formula is C13H16N4O2S. The van der Waals surface area contributed by atoms with Gasteiger partial charge in [-0.15, -0.1) is 0 Å². The molecule has 2 atom stereocenters. The van der Waals surface area contributed by atoms with Crippen LogP contribution in [0.3, 0.4) is 0 Å². The number of nitriles is 1. The van der Waals surface area contributed by atoms with Gasteiger partial charge in [0.1, 0.15) is 11.9 Å². The van der Waals surface area contributed by atoms with Crippen molar-refractivity contribution in [3.05, 3.63) is 27.9 Å². The number of rotatable bonds is 5. The van der Waals surface area contributed by atoms with E-state index in [-0.39, 0.29) is 11.4 Å². The van der Waals surface area contributed by atoms with E-state index in [1.807, 2.05) is 11.8 Å². The summed E-state index contributed by atoms with van der Waals surface area (Å²) in [5.74, 6) is 1.61. The van der Waals surface area contributed by atoms with Crippen LogP contribution >= 0.6 is 11.8 Å². The lowest BCUT2D eigenvalue weighted by molar-refractivity contribution is -0.385. The quantitative estimate of drug-likeness (QED) is 0.662. The molecule has 1 N–H and O–H groups in total. The Labute approximate surface area is 121 Å². The Bertz CT molecular complexity index is 544. The zero-order valence-electron chi connectivity index (χ0n) is 11.2. The zero-order chi connectivity index (χ0) is 14.5. The van der Waals surface area contributed by atoms with Crippen molar-refractivity contribution < 1.29 is 4.92 Å². The van der Waals surface area contributed by atoms with Crippen LogP contribution in [0.4, 0.5) is 11.5 Å². The maximum absolute atomic E-state index is 10.8. The summed E-state index contributed by atoms with van der Waals surface area (Å²) < 4.78 is 0. The Morgan fingerprint density at radius 3 is 3.05 bits per heavy atom. The average molecular weight is 292 g/mol. The van der Waals surface area contributed by atoms with Gasteiger partial charge in [0.2, 0.25) is 5.69 Å². The molecule has 1 heterocycles. The standard InChI is InChI=1S/C13H16N4O2S/c1-2-20-12-5-3-4-9(12)15-13-7-6-11(17(18)19)10(8-14)16-13/h6-7,9,12H,2-5H2,1H3,(H,15,16). The van der Waals surface area contributed by atoms with Crippen molar-refractivity contribution in [2.75, 3.05) is 11.1 Å². The first-order valence-corrected chi connectivity index (χ1v) is 7.64. The lowest BCUT2D eigenvalue weighted by Crippen LogP contribution is -2.26. The molecule has 2 unspecified atom stereocenters. The molecule has 1 saturated carbocycles. The Morgan fingerprint density at radius 2 is 2.40 bits per heavy atom. The zero-order valence-corrected chi connectivity index (χ0v) is 12.0. The second-order valence-electron chi connectivity index (χ2n) is 4.61. The van der Waals surface area contributed by atoms with E-state index < -0.39 is 4.92 Å². The number of thioether (sulfide) groups is 1. The third-order valence-electron chi connectivity index (χ3n) is 3.34. The number of anilines is 1. The summed E-state index contributed by atoms with van der Waals surface area (Å²) in [7, 11) is 0. The molecule has 1 aliphatic carbocycles. The summed E-state index contributed by atoms with van der Waals surface area (Å²) >= 11 is 1.92. The Morgan fingerprint density at radius 1 is 1.60 bits per heavy atom. The number of hydrogen-bond acceptors (Lipinski definition) is 6. The van der Waals surface area contributed by atoms with Crippen molar-refractivity contribution in [1.29, 1.82) is 5.26 Å². The van der Waals surface area contributed by atoms with Crippen LogP contribution in [0.15, 0.2) is 12.1 Å². The van der Waals surface area contributed by atoms with E-state index in [0.717, 1.165) is 12.2 Å². The molecule has 0 bridgehead atoms. The van der Waals surface area contributed by atoms with Gasteiger partial charge in [-0.05, 0) is 24.7 Å². The van der Waals surface area contributed by atoms with Gasteiger partial charge in [0.15, 0.2) is 0 Å². The van der Waals surface area contributed by atoms with E-state index in [1.54, 1.807) is 12.1 Å². The van der Waals surface area contributed by atoms with E-state index in [4.69, 9.17) is 5.26 Å². The highest BCUT2D eigenvalue weighted by molar-refractivity contribution is 7.99. The van der Waals surface area contributed by atoms with Crippen LogP contribution in [0.25, 0.3) is 0 Å². The van der Waals surface area contributed by atoms with E-state index >= 15 is 0 Å². The lowest BCUT2D eigenvalue weighted by Gasteiger charge is -2.20. The summed E-state index contributed by atoms with van der Waals surface area (Å²) in [5, 5.41) is 23.6. The number of nitro groups is 1. The number of pyridine rings is 1. The van der Waals surface area contributed by atoms with Crippen LogP contribution in [0.5, 0.6) is 0 Å². The monoisotopic (exact) mass is 292 g/mol. The molecule has 0 radical (unpaired) electrons. The summed E-state index contributed by atoms with van der Waals surface area (Å²) in [6, 6.07) is 5.01. The predicted octanol–water partition coefficient (Wildman–Crippen LogP) is 2.95. The molecule has 1 fully saturated rings. The third-order valence-corrected chi connectivity index (χ3v) is 4.67. The summed E-state index contributed by atoms with van der Waals surface area (Å²) in [6.07, 6.45) is 3.42. The fourth-order valence-corrected chi connectivity index (χ4v) is 3.65. The maximum Gasteiger partial charge on any atom is 0.305 e. The van der Waals surface area contributed by atoms with Crippen molar-refractivity contribution in [2.24, 2.45) is 0 Å². The second kappa shape index (κ2) is 6.57. The van der Waals surface area contributed by atoms with Gasteiger partial charge in [0.05, 0.1) is 4.92 Å². The largest absolute Gasteiger partial charge is 0.366 e. The van der Waals surface area contributed by atoms with Crippen molar-refractivity contribution in [3.63, 3.8) is 0 Å². The van der Waals surface area contributed by atoms with Gasteiger partial charge >= 0.3 is 5.69 Å². The van der Waals surface area contributed by atoms with Gasteiger partial charge in [-0.3, -0.25) is 10.1 Å². The van der Waals surface area contributed by atoms with Crippen molar-refractivity contribution in [3.8, 4) is 6.07 Å². The fourth-order valence-electron chi connectivity index (χ4n) is 2.46. The normalized spacial score (nSPS) is 21.4. The van der Waals surface area contributed by atoms with Gasteiger partial charge in [-0.25, -0.2) is 4.98 Å². The first-order valence-electron chi connectivity index (χ1n) is 6.59. The maximum atomic E-state index is 10.8. The molecular weight excluding hydrogens is 276 g/mol. The predicted molar refractivity (Wildman–Crippen MR) is 78.8 cm³/mol. The number of nitrogens with one attached hydrogen (secondary N) is 1. The Balaban J connectivity index is 2.14. The summed E-state index contributed by atoms with van der Waals surface area (Å²) in [6.45, 7) is 2.14. The van der Waals surface area contributed by atoms with Gasteiger partial charge in [0, 0.05) is 17.4 Å². The number of aromatic nitrogens is 1. The van der Waals surface area contributed by atoms with Crippen LogP contribution in [-0.2, 0) is 0 Å². The SMILES string of the molecule is CCSC1CCCC1Nc1ccc([N+](=O)[O-])c(C#N)n1. The minimum Gasteiger partial charge on any atom is -0.366 e. The third kappa shape index (κ3) is 3.20. The molecule has 0 amide bonds. The molecule has 0 aromatic carbocycles. The molecule has 1 aromatic rings. The Hall–Kier alpha value is -1.81. The molecule has 0 spiro atoms. The molecule has 0 aliphatic heterocycles. The smallest absolute Gasteiger partial charge is 0.305 e. The topological polar surface area (TPSA) is 91.9 Å². The van der Waals surface area contributed by atoms with Crippen molar-refractivity contribution >= 4 is 23.3 Å². The van der Waals surface area contributed by atoms with Gasteiger partial charge < -0.3 is 5.32 Å². The Kier molecular flexibility index (Phi) is 4.79. The van der Waals surface area contributed by atoms with Crippen LogP contribution in [0.2, 0.25) is 0 Å². The van der Waals surface area contributed by atoms with Crippen LogP contribution < -0.4 is 5.32 Å². The average Bonchev–Trinajstić information content (AvgIpc) is 2.86. The molecule has 7 heteroatoms. The molecule has 6 nitrogen and oxygen atoms in total. The van der Waals surface area contributed by atoms with E-state index in [1.165, 1.54) is 18.9 Å². The van der Waals surface area contributed by atoms with Gasteiger partial charge in [-0.2, -0.15) is 17.0 Å².